The largest absolute Gasteiger partial charge is 0.465 e. The first-order valence-electron chi connectivity index (χ1n) is 7.45. The number of alkyl halides is 3. The number of hydrogen-bond acceptors (Lipinski definition) is 5. The summed E-state index contributed by atoms with van der Waals surface area (Å²) in [5.41, 5.74) is -0.321. The molecule has 1 aromatic heterocycles. The summed E-state index contributed by atoms with van der Waals surface area (Å²) < 4.78 is 45.8. The fourth-order valence-corrected chi connectivity index (χ4v) is 3.03. The van der Waals surface area contributed by atoms with E-state index in [9.17, 15) is 23.1 Å². The molecule has 0 saturated heterocycles. The average molecular weight is 374 g/mol. The molecule has 1 aromatic carbocycles. The highest BCUT2D eigenvalue weighted by Crippen LogP contribution is 2.33. The molecule has 0 spiro atoms. The second-order valence-electron chi connectivity index (χ2n) is 5.02. The van der Waals surface area contributed by atoms with Crippen LogP contribution in [0.3, 0.4) is 0 Å². The number of thioether (sulfide) groups is 1. The van der Waals surface area contributed by atoms with Crippen molar-refractivity contribution in [2.75, 3.05) is 12.4 Å². The van der Waals surface area contributed by atoms with Crippen LogP contribution in [0.25, 0.3) is 0 Å². The molecular weight excluding hydrogens is 357 g/mol. The van der Waals surface area contributed by atoms with Gasteiger partial charge in [0.1, 0.15) is 0 Å². The maximum atomic E-state index is 13.2. The summed E-state index contributed by atoms with van der Waals surface area (Å²) in [6.45, 7) is 1.44. The normalized spacial score (nSPS) is 11.6. The Balaban J connectivity index is 2.27. The van der Waals surface area contributed by atoms with Crippen LogP contribution in [0.1, 0.15) is 23.7 Å². The summed E-state index contributed by atoms with van der Waals surface area (Å²) in [7, 11) is 0. The number of aliphatic hydroxyl groups is 1. The van der Waals surface area contributed by atoms with E-state index in [0.717, 1.165) is 17.8 Å². The number of carbonyl (C=O) groups excluding carboxylic acids is 1. The Morgan fingerprint density at radius 3 is 2.72 bits per heavy atom. The van der Waals surface area contributed by atoms with E-state index >= 15 is 0 Å². The highest BCUT2D eigenvalue weighted by atomic mass is 32.2. The Morgan fingerprint density at radius 2 is 2.08 bits per heavy atom. The van der Waals surface area contributed by atoms with Crippen molar-refractivity contribution in [2.24, 2.45) is 0 Å². The third-order valence-corrected chi connectivity index (χ3v) is 4.30. The lowest BCUT2D eigenvalue weighted by Crippen LogP contribution is -2.14. The van der Waals surface area contributed by atoms with Gasteiger partial charge in [0, 0.05) is 0 Å². The molecule has 0 bridgehead atoms. The van der Waals surface area contributed by atoms with Gasteiger partial charge >= 0.3 is 12.1 Å². The van der Waals surface area contributed by atoms with E-state index in [4.69, 9.17) is 4.74 Å². The van der Waals surface area contributed by atoms with E-state index in [2.05, 4.69) is 4.98 Å². The number of nitrogens with zero attached hydrogens (tertiary/aromatic N) is 2. The molecule has 25 heavy (non-hydrogen) atoms. The summed E-state index contributed by atoms with van der Waals surface area (Å²) in [6.07, 6.45) is -3.10. The summed E-state index contributed by atoms with van der Waals surface area (Å²) in [5.74, 6) is -0.459. The number of rotatable bonds is 7. The van der Waals surface area contributed by atoms with Gasteiger partial charge in [-0.2, -0.15) is 13.2 Å². The number of esters is 1. The van der Waals surface area contributed by atoms with E-state index in [1.807, 2.05) is 0 Å². The highest BCUT2D eigenvalue weighted by molar-refractivity contribution is 7.99. The number of aliphatic hydroxyl groups excluding tert-OH is 1. The van der Waals surface area contributed by atoms with Gasteiger partial charge in [-0.3, -0.25) is 4.79 Å². The number of carbonyl (C=O) groups is 1. The summed E-state index contributed by atoms with van der Waals surface area (Å²) >= 11 is 1.05. The number of aromatic nitrogens is 2. The monoisotopic (exact) mass is 374 g/mol. The van der Waals surface area contributed by atoms with E-state index in [-0.39, 0.29) is 31.1 Å². The number of halogens is 3. The maximum absolute atomic E-state index is 13.2. The van der Waals surface area contributed by atoms with Gasteiger partial charge in [-0.25, -0.2) is 4.98 Å². The van der Waals surface area contributed by atoms with Gasteiger partial charge in [0.15, 0.2) is 5.16 Å². The van der Waals surface area contributed by atoms with Crippen LogP contribution in [0.15, 0.2) is 35.6 Å². The molecule has 0 saturated carbocycles. The summed E-state index contributed by atoms with van der Waals surface area (Å²) in [5, 5.41) is 9.76. The first-order valence-corrected chi connectivity index (χ1v) is 8.44. The number of ether oxygens (including phenoxy) is 1. The van der Waals surface area contributed by atoms with Gasteiger partial charge in [0.2, 0.25) is 0 Å². The maximum Gasteiger partial charge on any atom is 0.416 e. The SMILES string of the molecule is CCOC(=O)CSc1ncc(CO)n1Cc1ccccc1C(F)(F)F. The van der Waals surface area contributed by atoms with Crippen LogP contribution in [0.5, 0.6) is 0 Å². The molecule has 0 atom stereocenters. The fourth-order valence-electron chi connectivity index (χ4n) is 2.23. The quantitative estimate of drug-likeness (QED) is 0.596. The molecule has 136 valence electrons. The van der Waals surface area contributed by atoms with Gasteiger partial charge in [0.05, 0.1) is 43.0 Å². The van der Waals surface area contributed by atoms with Gasteiger partial charge < -0.3 is 14.4 Å². The van der Waals surface area contributed by atoms with Crippen LogP contribution in [0.2, 0.25) is 0 Å². The van der Waals surface area contributed by atoms with Crippen molar-refractivity contribution < 1.29 is 27.8 Å². The van der Waals surface area contributed by atoms with Gasteiger partial charge in [-0.1, -0.05) is 30.0 Å². The van der Waals surface area contributed by atoms with E-state index in [1.54, 1.807) is 6.92 Å². The minimum absolute atomic E-state index is 0.0172. The van der Waals surface area contributed by atoms with Crippen LogP contribution in [0.4, 0.5) is 13.2 Å². The Bertz CT molecular complexity index is 732. The van der Waals surface area contributed by atoms with E-state index in [1.165, 1.54) is 29.0 Å². The molecule has 9 heteroatoms. The molecule has 0 radical (unpaired) electrons. The van der Waals surface area contributed by atoms with Gasteiger partial charge in [0.25, 0.3) is 0 Å². The third-order valence-electron chi connectivity index (χ3n) is 3.34. The number of benzene rings is 1. The van der Waals surface area contributed by atoms with Crippen molar-refractivity contribution in [3.05, 3.63) is 47.3 Å². The van der Waals surface area contributed by atoms with E-state index < -0.39 is 17.7 Å². The Morgan fingerprint density at radius 1 is 1.36 bits per heavy atom. The smallest absolute Gasteiger partial charge is 0.416 e. The second-order valence-corrected chi connectivity index (χ2v) is 5.97. The predicted octanol–water partition coefficient (Wildman–Crippen LogP) is 3.10. The molecule has 0 aliphatic rings. The Labute approximate surface area is 146 Å². The van der Waals surface area contributed by atoms with Crippen molar-refractivity contribution in [3.8, 4) is 0 Å². The molecule has 2 rings (SSSR count). The van der Waals surface area contributed by atoms with Crippen molar-refractivity contribution in [1.82, 2.24) is 9.55 Å². The van der Waals surface area contributed by atoms with Crippen LogP contribution in [-0.2, 0) is 28.9 Å². The molecule has 0 fully saturated rings. The number of hydrogen-bond donors (Lipinski definition) is 1. The molecule has 1 heterocycles. The van der Waals surface area contributed by atoms with E-state index in [0.29, 0.717) is 10.9 Å². The van der Waals surface area contributed by atoms with Crippen molar-refractivity contribution in [1.29, 1.82) is 0 Å². The third kappa shape index (κ3) is 4.99. The predicted molar refractivity (Wildman–Crippen MR) is 86.1 cm³/mol. The number of imidazole rings is 1. The second kappa shape index (κ2) is 8.39. The molecule has 0 amide bonds. The first kappa shape index (κ1) is 19.3. The lowest BCUT2D eigenvalue weighted by Gasteiger charge is -2.15. The zero-order chi connectivity index (χ0) is 18.4. The molecule has 0 unspecified atom stereocenters. The van der Waals surface area contributed by atoms with Crippen LogP contribution < -0.4 is 0 Å². The standard InChI is InChI=1S/C16H17F3N2O3S/c1-2-24-14(23)10-25-15-20-7-12(9-22)21(15)8-11-5-3-4-6-13(11)16(17,18)19/h3-7,22H,2,8-10H2,1H3. The highest BCUT2D eigenvalue weighted by Gasteiger charge is 2.33. The Hall–Kier alpha value is -2.00. The van der Waals surface area contributed by atoms with Gasteiger partial charge in [-0.05, 0) is 18.6 Å². The van der Waals surface area contributed by atoms with Gasteiger partial charge in [-0.15, -0.1) is 0 Å². The van der Waals surface area contributed by atoms with Crippen LogP contribution >= 0.6 is 11.8 Å². The summed E-state index contributed by atoms with van der Waals surface area (Å²) in [4.78, 5) is 15.6. The Kier molecular flexibility index (Phi) is 6.49. The molecule has 2 aromatic rings. The average Bonchev–Trinajstić information content (AvgIpc) is 2.94. The topological polar surface area (TPSA) is 64.3 Å². The van der Waals surface area contributed by atoms with Crippen LogP contribution in [0, 0.1) is 0 Å². The lowest BCUT2D eigenvalue weighted by atomic mass is 10.1. The minimum Gasteiger partial charge on any atom is -0.465 e. The minimum atomic E-state index is -4.48. The van der Waals surface area contributed by atoms with Crippen molar-refractivity contribution in [2.45, 2.75) is 31.4 Å². The summed E-state index contributed by atoms with van der Waals surface area (Å²) in [6, 6.07) is 5.23. The molecule has 1 N–H and O–H groups in total. The molecular formula is C16H17F3N2O3S. The molecule has 0 aliphatic heterocycles. The van der Waals surface area contributed by atoms with Crippen molar-refractivity contribution >= 4 is 17.7 Å². The molecule has 0 aliphatic carbocycles. The zero-order valence-electron chi connectivity index (χ0n) is 13.4. The fraction of sp³-hybridized carbons (Fsp3) is 0.375. The molecule has 5 nitrogen and oxygen atoms in total. The first-order chi connectivity index (χ1) is 11.9. The lowest BCUT2D eigenvalue weighted by molar-refractivity contribution is -0.140. The van der Waals surface area contributed by atoms with Crippen molar-refractivity contribution in [3.63, 3.8) is 0 Å². The zero-order valence-corrected chi connectivity index (χ0v) is 14.2. The van der Waals surface area contributed by atoms with Crippen LogP contribution in [-0.4, -0.2) is 33.0 Å².